The van der Waals surface area contributed by atoms with Gasteiger partial charge in [0, 0.05) is 25.2 Å². The molecule has 1 rings (SSSR count). The Balaban J connectivity index is 2.98. The zero-order chi connectivity index (χ0) is 19.1. The largest absolute Gasteiger partial charge is 0.497 e. The number of methoxy groups -OCH3 is 2. The average molecular weight is 350 g/mol. The van der Waals surface area contributed by atoms with Gasteiger partial charge in [-0.15, -0.1) is 0 Å². The number of carbonyl (C=O) groups is 2. The maximum absolute atomic E-state index is 12.7. The molecule has 0 aliphatic rings. The summed E-state index contributed by atoms with van der Waals surface area (Å²) >= 11 is 0. The highest BCUT2D eigenvalue weighted by Crippen LogP contribution is 2.22. The molecule has 25 heavy (non-hydrogen) atoms. The number of benzene rings is 1. The van der Waals surface area contributed by atoms with Crippen LogP contribution < -0.4 is 14.8 Å². The van der Waals surface area contributed by atoms with Crippen LogP contribution in [0, 0.1) is 11.8 Å². The second-order valence-electron chi connectivity index (χ2n) is 6.91. The zero-order valence-corrected chi connectivity index (χ0v) is 16.3. The van der Waals surface area contributed by atoms with Crippen LogP contribution in [0.5, 0.6) is 11.5 Å². The van der Waals surface area contributed by atoms with E-state index < -0.39 is 6.04 Å². The third kappa shape index (κ3) is 5.96. The number of hydrogen-bond acceptors (Lipinski definition) is 4. The van der Waals surface area contributed by atoms with Gasteiger partial charge in [-0.3, -0.25) is 9.59 Å². The minimum absolute atomic E-state index is 0.0291. The van der Waals surface area contributed by atoms with Gasteiger partial charge in [-0.2, -0.15) is 0 Å². The molecule has 2 amide bonds. The number of likely N-dealkylation sites (N-methyl/N-ethyl adjacent to an activating group) is 1. The fraction of sp³-hybridized carbons (Fsp3) is 0.579. The lowest BCUT2D eigenvalue weighted by atomic mass is 10.0. The number of amides is 2. The van der Waals surface area contributed by atoms with Crippen molar-refractivity contribution in [2.75, 3.05) is 27.8 Å². The van der Waals surface area contributed by atoms with Gasteiger partial charge in [0.15, 0.2) is 0 Å². The predicted octanol–water partition coefficient (Wildman–Crippen LogP) is 2.57. The fourth-order valence-electron chi connectivity index (χ4n) is 2.55. The van der Waals surface area contributed by atoms with Crippen LogP contribution in [-0.4, -0.2) is 50.6 Å². The first-order chi connectivity index (χ1) is 11.7. The maximum atomic E-state index is 12.7. The molecule has 6 heteroatoms. The van der Waals surface area contributed by atoms with Gasteiger partial charge < -0.3 is 19.7 Å². The first-order valence-electron chi connectivity index (χ1n) is 8.48. The molecule has 1 unspecified atom stereocenters. The Morgan fingerprint density at radius 3 is 1.96 bits per heavy atom. The van der Waals surface area contributed by atoms with Gasteiger partial charge in [0.25, 0.3) is 5.91 Å². The van der Waals surface area contributed by atoms with Crippen molar-refractivity contribution in [3.63, 3.8) is 0 Å². The summed E-state index contributed by atoms with van der Waals surface area (Å²) in [5.41, 5.74) is 0.390. The molecule has 0 radical (unpaired) electrons. The van der Waals surface area contributed by atoms with Gasteiger partial charge in [0.05, 0.1) is 14.2 Å². The number of carbonyl (C=O) groups excluding carboxylic acids is 2. The summed E-state index contributed by atoms with van der Waals surface area (Å²) < 4.78 is 10.4. The Morgan fingerprint density at radius 2 is 1.56 bits per heavy atom. The average Bonchev–Trinajstić information content (AvgIpc) is 2.57. The van der Waals surface area contributed by atoms with Crippen LogP contribution in [0.1, 0.15) is 38.1 Å². The highest BCUT2D eigenvalue weighted by Gasteiger charge is 2.27. The molecule has 0 bridgehead atoms. The van der Waals surface area contributed by atoms with Crippen molar-refractivity contribution < 1.29 is 19.1 Å². The predicted molar refractivity (Wildman–Crippen MR) is 98.1 cm³/mol. The summed E-state index contributed by atoms with van der Waals surface area (Å²) in [7, 11) is 4.81. The molecule has 6 nitrogen and oxygen atoms in total. The minimum Gasteiger partial charge on any atom is -0.497 e. The van der Waals surface area contributed by atoms with Gasteiger partial charge in [0.1, 0.15) is 17.5 Å². The van der Waals surface area contributed by atoms with Crippen molar-refractivity contribution in [1.82, 2.24) is 10.2 Å². The molecule has 0 fully saturated rings. The second-order valence-corrected chi connectivity index (χ2v) is 6.91. The van der Waals surface area contributed by atoms with Crippen molar-refractivity contribution in [3.05, 3.63) is 23.8 Å². The highest BCUT2D eigenvalue weighted by molar-refractivity contribution is 5.98. The smallest absolute Gasteiger partial charge is 0.252 e. The van der Waals surface area contributed by atoms with Gasteiger partial charge in [-0.05, 0) is 24.0 Å². The number of nitrogens with one attached hydrogen (secondary N) is 1. The summed E-state index contributed by atoms with van der Waals surface area (Å²) in [6.45, 7) is 8.58. The van der Waals surface area contributed by atoms with E-state index in [1.165, 1.54) is 14.2 Å². The van der Waals surface area contributed by atoms with E-state index in [1.807, 2.05) is 13.8 Å². The molecule has 0 saturated carbocycles. The van der Waals surface area contributed by atoms with E-state index in [0.29, 0.717) is 29.5 Å². The Labute approximate surface area is 150 Å². The van der Waals surface area contributed by atoms with E-state index in [1.54, 1.807) is 30.1 Å². The lowest BCUT2D eigenvalue weighted by Crippen LogP contribution is -2.50. The molecule has 0 aliphatic carbocycles. The molecule has 0 spiro atoms. The van der Waals surface area contributed by atoms with E-state index in [0.717, 1.165) is 0 Å². The Morgan fingerprint density at radius 1 is 1.04 bits per heavy atom. The first-order valence-corrected chi connectivity index (χ1v) is 8.48. The molecule has 0 aliphatic heterocycles. The molecule has 1 aromatic carbocycles. The molecule has 0 saturated heterocycles. The van der Waals surface area contributed by atoms with Crippen molar-refractivity contribution in [1.29, 1.82) is 0 Å². The summed E-state index contributed by atoms with van der Waals surface area (Å²) in [5, 5.41) is 2.85. The zero-order valence-electron chi connectivity index (χ0n) is 16.3. The Hall–Kier alpha value is -2.24. The number of nitrogens with zero attached hydrogens (tertiary/aromatic N) is 1. The number of rotatable bonds is 8. The van der Waals surface area contributed by atoms with Crippen LogP contribution in [0.25, 0.3) is 0 Å². The molecule has 0 aromatic heterocycles. The summed E-state index contributed by atoms with van der Waals surface area (Å²) in [6, 6.07) is 4.35. The van der Waals surface area contributed by atoms with Crippen LogP contribution >= 0.6 is 0 Å². The summed E-state index contributed by atoms with van der Waals surface area (Å²) in [4.78, 5) is 27.0. The Bertz CT molecular complexity index is 577. The number of hydrogen-bond donors (Lipinski definition) is 1. The van der Waals surface area contributed by atoms with Crippen molar-refractivity contribution >= 4 is 11.8 Å². The Kier molecular flexibility index (Phi) is 7.74. The van der Waals surface area contributed by atoms with Gasteiger partial charge in [-0.1, -0.05) is 27.7 Å². The van der Waals surface area contributed by atoms with E-state index >= 15 is 0 Å². The topological polar surface area (TPSA) is 67.9 Å². The van der Waals surface area contributed by atoms with Gasteiger partial charge in [0.2, 0.25) is 5.91 Å². The molecule has 0 heterocycles. The lowest BCUT2D eigenvalue weighted by Gasteiger charge is -2.28. The summed E-state index contributed by atoms with van der Waals surface area (Å²) in [6.07, 6.45) is 0. The molecule has 1 aromatic rings. The standard InChI is InChI=1S/C19H30N2O4/c1-12(2)11-21(5)19(23)17(13(3)4)20-18(22)14-8-15(24-6)10-16(9-14)25-7/h8-10,12-13,17H,11H2,1-7H3,(H,20,22). The molecular weight excluding hydrogens is 320 g/mol. The van der Waals surface area contributed by atoms with Crippen molar-refractivity contribution in [3.8, 4) is 11.5 Å². The van der Waals surface area contributed by atoms with Crippen LogP contribution in [0.2, 0.25) is 0 Å². The molecular formula is C19H30N2O4. The first kappa shape index (κ1) is 20.8. The van der Waals surface area contributed by atoms with Gasteiger partial charge in [-0.25, -0.2) is 0 Å². The van der Waals surface area contributed by atoms with Crippen LogP contribution in [0.3, 0.4) is 0 Å². The van der Waals surface area contributed by atoms with Crippen LogP contribution in [-0.2, 0) is 4.79 Å². The SMILES string of the molecule is COc1cc(OC)cc(C(=O)NC(C(=O)N(C)CC(C)C)C(C)C)c1. The van der Waals surface area contributed by atoms with E-state index in [2.05, 4.69) is 19.2 Å². The monoisotopic (exact) mass is 350 g/mol. The third-order valence-electron chi connectivity index (χ3n) is 3.85. The highest BCUT2D eigenvalue weighted by atomic mass is 16.5. The van der Waals surface area contributed by atoms with Crippen LogP contribution in [0.15, 0.2) is 18.2 Å². The van der Waals surface area contributed by atoms with Crippen LogP contribution in [0.4, 0.5) is 0 Å². The van der Waals surface area contributed by atoms with E-state index in [-0.39, 0.29) is 17.7 Å². The van der Waals surface area contributed by atoms with Crippen molar-refractivity contribution in [2.45, 2.75) is 33.7 Å². The minimum atomic E-state index is -0.589. The van der Waals surface area contributed by atoms with Crippen molar-refractivity contribution in [2.24, 2.45) is 11.8 Å². The fourth-order valence-corrected chi connectivity index (χ4v) is 2.55. The van der Waals surface area contributed by atoms with E-state index in [4.69, 9.17) is 9.47 Å². The molecule has 1 atom stereocenters. The normalized spacial score (nSPS) is 12.0. The van der Waals surface area contributed by atoms with E-state index in [9.17, 15) is 9.59 Å². The third-order valence-corrected chi connectivity index (χ3v) is 3.85. The summed E-state index contributed by atoms with van der Waals surface area (Å²) in [5.74, 6) is 0.954. The quantitative estimate of drug-likeness (QED) is 0.782. The van der Waals surface area contributed by atoms with Gasteiger partial charge >= 0.3 is 0 Å². The number of ether oxygens (including phenoxy) is 2. The second kappa shape index (κ2) is 9.30. The molecule has 1 N–H and O–H groups in total. The molecule has 140 valence electrons. The lowest BCUT2D eigenvalue weighted by molar-refractivity contribution is -0.133. The maximum Gasteiger partial charge on any atom is 0.252 e.